The molecule has 2 amide bonds. The summed E-state index contributed by atoms with van der Waals surface area (Å²) in [6.45, 7) is 5.29. The van der Waals surface area contributed by atoms with Crippen molar-refractivity contribution in [3.8, 4) is 0 Å². The van der Waals surface area contributed by atoms with Crippen LogP contribution in [0, 0.1) is 0 Å². The van der Waals surface area contributed by atoms with Gasteiger partial charge in [0.25, 0.3) is 11.8 Å². The summed E-state index contributed by atoms with van der Waals surface area (Å²) >= 11 is 1.34. The zero-order valence-corrected chi connectivity index (χ0v) is 14.5. The van der Waals surface area contributed by atoms with Crippen molar-refractivity contribution in [2.75, 3.05) is 11.9 Å². The van der Waals surface area contributed by atoms with Crippen molar-refractivity contribution in [1.82, 2.24) is 5.32 Å². The van der Waals surface area contributed by atoms with Crippen LogP contribution in [0.15, 0.2) is 54.4 Å². The zero-order chi connectivity index (χ0) is 18.2. The summed E-state index contributed by atoms with van der Waals surface area (Å²) < 4.78 is 5.10. The van der Waals surface area contributed by atoms with E-state index in [0.717, 1.165) is 0 Å². The van der Waals surface area contributed by atoms with Gasteiger partial charge in [-0.25, -0.2) is 4.79 Å². The molecule has 7 heteroatoms. The second-order valence-electron chi connectivity index (χ2n) is 5.09. The Morgan fingerprint density at radius 1 is 1.24 bits per heavy atom. The minimum atomic E-state index is -0.911. The maximum atomic E-state index is 12.0. The second kappa shape index (κ2) is 8.79. The highest BCUT2D eigenvalue weighted by molar-refractivity contribution is 7.12. The number of thiophene rings is 1. The first-order valence-electron chi connectivity index (χ1n) is 7.55. The number of carbonyl (C=O) groups is 3. The van der Waals surface area contributed by atoms with Gasteiger partial charge in [-0.2, -0.15) is 0 Å². The van der Waals surface area contributed by atoms with E-state index >= 15 is 0 Å². The van der Waals surface area contributed by atoms with Crippen molar-refractivity contribution in [1.29, 1.82) is 0 Å². The van der Waals surface area contributed by atoms with Crippen LogP contribution in [0.2, 0.25) is 0 Å². The first-order valence-corrected chi connectivity index (χ1v) is 8.43. The molecule has 0 bridgehead atoms. The quantitative estimate of drug-likeness (QED) is 0.589. The highest BCUT2D eigenvalue weighted by Gasteiger charge is 2.18. The lowest BCUT2D eigenvalue weighted by atomic mass is 10.2. The molecule has 0 aliphatic rings. The largest absolute Gasteiger partial charge is 0.449 e. The van der Waals surface area contributed by atoms with E-state index in [1.165, 1.54) is 36.5 Å². The normalized spacial score (nSPS) is 11.2. The molecule has 2 aromatic rings. The number of benzene rings is 1. The van der Waals surface area contributed by atoms with E-state index in [-0.39, 0.29) is 11.5 Å². The van der Waals surface area contributed by atoms with Crippen LogP contribution in [0.25, 0.3) is 0 Å². The highest BCUT2D eigenvalue weighted by Crippen LogP contribution is 2.15. The number of hydrogen-bond donors (Lipinski definition) is 2. The first kappa shape index (κ1) is 18.4. The summed E-state index contributed by atoms with van der Waals surface area (Å²) in [6, 6.07) is 9.78. The Balaban J connectivity index is 1.92. The summed E-state index contributed by atoms with van der Waals surface area (Å²) in [5, 5.41) is 7.11. The molecule has 1 aromatic carbocycles. The van der Waals surface area contributed by atoms with Gasteiger partial charge in [-0.05, 0) is 42.6 Å². The summed E-state index contributed by atoms with van der Waals surface area (Å²) in [5.74, 6) is -1.22. The Labute approximate surface area is 149 Å². The third-order valence-corrected chi connectivity index (χ3v) is 4.07. The van der Waals surface area contributed by atoms with Crippen LogP contribution in [0.3, 0.4) is 0 Å². The number of amides is 2. The number of anilines is 1. The fraction of sp³-hybridized carbons (Fsp3) is 0.167. The van der Waals surface area contributed by atoms with Crippen LogP contribution in [0.1, 0.15) is 27.0 Å². The van der Waals surface area contributed by atoms with Gasteiger partial charge < -0.3 is 15.4 Å². The standard InChI is InChI=1S/C18H18N2O4S/c1-3-10-19-16(21)12(2)24-18(23)13-6-8-14(9-7-13)20-17(22)15-5-4-11-25-15/h3-9,11-12H,1,10H2,2H3,(H,19,21)(H,20,22)/t12-/m1/s1. The van der Waals surface area contributed by atoms with Crippen molar-refractivity contribution >= 4 is 34.8 Å². The third-order valence-electron chi connectivity index (χ3n) is 3.20. The SMILES string of the molecule is C=CCNC(=O)[C@@H](C)OC(=O)c1ccc(NC(=O)c2cccs2)cc1. The van der Waals surface area contributed by atoms with Crippen LogP contribution < -0.4 is 10.6 Å². The fourth-order valence-corrected chi connectivity index (χ4v) is 2.51. The Morgan fingerprint density at radius 2 is 1.96 bits per heavy atom. The van der Waals surface area contributed by atoms with Crippen LogP contribution in [0.4, 0.5) is 5.69 Å². The average Bonchev–Trinajstić information content (AvgIpc) is 3.14. The molecule has 0 aliphatic carbocycles. The molecule has 25 heavy (non-hydrogen) atoms. The maximum absolute atomic E-state index is 12.0. The predicted molar refractivity (Wildman–Crippen MR) is 96.8 cm³/mol. The van der Waals surface area contributed by atoms with Gasteiger partial charge in [-0.1, -0.05) is 12.1 Å². The molecule has 6 nitrogen and oxygen atoms in total. The molecule has 1 heterocycles. The van der Waals surface area contributed by atoms with Gasteiger partial charge in [-0.15, -0.1) is 17.9 Å². The number of hydrogen-bond acceptors (Lipinski definition) is 5. The molecular formula is C18H18N2O4S. The molecule has 0 aliphatic heterocycles. The van der Waals surface area contributed by atoms with E-state index in [1.54, 1.807) is 24.3 Å². The Morgan fingerprint density at radius 3 is 2.56 bits per heavy atom. The lowest BCUT2D eigenvalue weighted by molar-refractivity contribution is -0.128. The molecule has 0 spiro atoms. The minimum Gasteiger partial charge on any atom is -0.449 e. The summed E-state index contributed by atoms with van der Waals surface area (Å²) in [4.78, 5) is 36.3. The second-order valence-corrected chi connectivity index (χ2v) is 6.04. The van der Waals surface area contributed by atoms with E-state index < -0.39 is 18.0 Å². The van der Waals surface area contributed by atoms with Crippen LogP contribution in [-0.4, -0.2) is 30.4 Å². The van der Waals surface area contributed by atoms with E-state index in [0.29, 0.717) is 17.1 Å². The molecule has 1 atom stereocenters. The Kier molecular flexibility index (Phi) is 6.47. The number of carbonyl (C=O) groups excluding carboxylic acids is 3. The fourth-order valence-electron chi connectivity index (χ4n) is 1.89. The molecule has 0 radical (unpaired) electrons. The van der Waals surface area contributed by atoms with Gasteiger partial charge >= 0.3 is 5.97 Å². The van der Waals surface area contributed by atoms with E-state index in [1.807, 2.05) is 5.38 Å². The number of ether oxygens (including phenoxy) is 1. The lowest BCUT2D eigenvalue weighted by Gasteiger charge is -2.13. The van der Waals surface area contributed by atoms with Gasteiger partial charge in [0.1, 0.15) is 0 Å². The van der Waals surface area contributed by atoms with Crippen molar-refractivity contribution in [3.05, 3.63) is 64.9 Å². The van der Waals surface area contributed by atoms with Gasteiger partial charge in [0.05, 0.1) is 10.4 Å². The molecule has 0 fully saturated rings. The van der Waals surface area contributed by atoms with Crippen molar-refractivity contribution in [2.45, 2.75) is 13.0 Å². The summed E-state index contributed by atoms with van der Waals surface area (Å²) in [5.41, 5.74) is 0.851. The molecule has 0 saturated heterocycles. The number of esters is 1. The van der Waals surface area contributed by atoms with Crippen molar-refractivity contribution < 1.29 is 19.1 Å². The van der Waals surface area contributed by atoms with Crippen LogP contribution >= 0.6 is 11.3 Å². The minimum absolute atomic E-state index is 0.210. The molecule has 1 aromatic heterocycles. The van der Waals surface area contributed by atoms with Crippen molar-refractivity contribution in [3.63, 3.8) is 0 Å². The summed E-state index contributed by atoms with van der Waals surface area (Å²) in [7, 11) is 0. The molecule has 0 saturated carbocycles. The number of nitrogens with one attached hydrogen (secondary N) is 2. The Bertz CT molecular complexity index is 754. The van der Waals surface area contributed by atoms with Crippen LogP contribution in [0.5, 0.6) is 0 Å². The predicted octanol–water partition coefficient (Wildman–Crippen LogP) is 2.85. The highest BCUT2D eigenvalue weighted by atomic mass is 32.1. The lowest BCUT2D eigenvalue weighted by Crippen LogP contribution is -2.35. The third kappa shape index (κ3) is 5.29. The number of rotatable bonds is 7. The Hall–Kier alpha value is -2.93. The van der Waals surface area contributed by atoms with Crippen molar-refractivity contribution in [2.24, 2.45) is 0 Å². The average molecular weight is 358 g/mol. The first-order chi connectivity index (χ1) is 12.0. The van der Waals surface area contributed by atoms with Crippen LogP contribution in [-0.2, 0) is 9.53 Å². The topological polar surface area (TPSA) is 84.5 Å². The zero-order valence-electron chi connectivity index (χ0n) is 13.7. The monoisotopic (exact) mass is 358 g/mol. The molecule has 0 unspecified atom stereocenters. The molecule has 130 valence electrons. The van der Waals surface area contributed by atoms with Gasteiger partial charge in [-0.3, -0.25) is 9.59 Å². The van der Waals surface area contributed by atoms with E-state index in [2.05, 4.69) is 17.2 Å². The maximum Gasteiger partial charge on any atom is 0.338 e. The smallest absolute Gasteiger partial charge is 0.338 e. The molecule has 2 rings (SSSR count). The van der Waals surface area contributed by atoms with E-state index in [9.17, 15) is 14.4 Å². The summed E-state index contributed by atoms with van der Waals surface area (Å²) in [6.07, 6.45) is 0.626. The van der Waals surface area contributed by atoms with Gasteiger partial charge in [0.2, 0.25) is 0 Å². The van der Waals surface area contributed by atoms with E-state index in [4.69, 9.17) is 4.74 Å². The van der Waals surface area contributed by atoms with Gasteiger partial charge in [0, 0.05) is 12.2 Å². The molecular weight excluding hydrogens is 340 g/mol. The molecule has 2 N–H and O–H groups in total. The van der Waals surface area contributed by atoms with Gasteiger partial charge in [0.15, 0.2) is 6.10 Å².